The topological polar surface area (TPSA) is 44.3 Å². The van der Waals surface area contributed by atoms with Crippen LogP contribution in [-0.4, -0.2) is 35.4 Å². The van der Waals surface area contributed by atoms with Crippen LogP contribution in [-0.2, 0) is 0 Å². The van der Waals surface area contributed by atoms with Crippen LogP contribution in [0.2, 0.25) is 0 Å². The molecule has 0 saturated heterocycles. The second-order valence-corrected chi connectivity index (χ2v) is 3.64. The van der Waals surface area contributed by atoms with Gasteiger partial charge in [-0.05, 0) is 32.9 Å². The Bertz CT molecular complexity index is 93.1. The van der Waals surface area contributed by atoms with Crippen molar-refractivity contribution in [3.8, 4) is 0 Å². The molecule has 0 spiro atoms. The van der Waals surface area contributed by atoms with Gasteiger partial charge in [-0.25, -0.2) is 0 Å². The van der Waals surface area contributed by atoms with E-state index < -0.39 is 0 Å². The summed E-state index contributed by atoms with van der Waals surface area (Å²) >= 11 is 2.31. The van der Waals surface area contributed by atoms with Crippen molar-refractivity contribution in [3.63, 3.8) is 0 Å². The molecule has 3 N–H and O–H groups in total. The van der Waals surface area contributed by atoms with Gasteiger partial charge in [0, 0.05) is 10.6 Å². The van der Waals surface area contributed by atoms with E-state index in [1.54, 1.807) is 0 Å². The van der Waals surface area contributed by atoms with Crippen molar-refractivity contribution in [2.45, 2.75) is 25.8 Å². The molecule has 0 aromatic rings. The minimum absolute atomic E-state index is 0.228. The summed E-state index contributed by atoms with van der Waals surface area (Å²) in [5.74, 6) is 0. The molecule has 0 unspecified atom stereocenters. The molecule has 74 valence electrons. The zero-order valence-corrected chi connectivity index (χ0v) is 9.80. The van der Waals surface area contributed by atoms with Crippen LogP contribution in [0.1, 0.15) is 19.8 Å². The molecule has 0 heterocycles. The molecule has 0 aliphatic rings. The highest BCUT2D eigenvalue weighted by molar-refractivity contribution is 14.1. The number of hydrogen-bond acceptors (Lipinski definition) is 3. The number of aliphatic hydroxyl groups excluding tert-OH is 1. The lowest BCUT2D eigenvalue weighted by Crippen LogP contribution is -2.30. The van der Waals surface area contributed by atoms with Gasteiger partial charge in [0.25, 0.3) is 0 Å². The minimum atomic E-state index is 0.228. The van der Waals surface area contributed by atoms with Gasteiger partial charge in [0.2, 0.25) is 0 Å². The second kappa shape index (κ2) is 9.70. The summed E-state index contributed by atoms with van der Waals surface area (Å²) in [6, 6.07) is 0.238. The molecule has 0 bridgehead atoms. The largest absolute Gasteiger partial charge is 0.395 e. The molecular formula is C8H19IN2O. The van der Waals surface area contributed by atoms with Crippen LogP contribution in [0.3, 0.4) is 0 Å². The average molecular weight is 286 g/mol. The number of nitrogens with one attached hydrogen (secondary N) is 2. The first-order chi connectivity index (χ1) is 5.81. The lowest BCUT2D eigenvalue weighted by molar-refractivity contribution is 0.251. The third kappa shape index (κ3) is 8.70. The van der Waals surface area contributed by atoms with E-state index in [1.807, 2.05) is 6.92 Å². The maximum atomic E-state index is 8.70. The van der Waals surface area contributed by atoms with E-state index in [0.717, 1.165) is 17.6 Å². The van der Waals surface area contributed by atoms with Crippen LogP contribution < -0.4 is 10.6 Å². The van der Waals surface area contributed by atoms with Crippen LogP contribution in [0.25, 0.3) is 0 Å². The summed E-state index contributed by atoms with van der Waals surface area (Å²) in [4.78, 5) is 0. The first-order valence-electron chi connectivity index (χ1n) is 4.42. The summed E-state index contributed by atoms with van der Waals surface area (Å²) < 4.78 is 1.03. The minimum Gasteiger partial charge on any atom is -0.395 e. The first-order valence-corrected chi connectivity index (χ1v) is 5.94. The fourth-order valence-electron chi connectivity index (χ4n) is 0.855. The second-order valence-electron chi connectivity index (χ2n) is 2.88. The normalized spacial score (nSPS) is 13.2. The summed E-state index contributed by atoms with van der Waals surface area (Å²) in [6.07, 6.45) is 2.38. The smallest absolute Gasteiger partial charge is 0.0581 e. The van der Waals surface area contributed by atoms with Crippen molar-refractivity contribution in [1.82, 2.24) is 10.6 Å². The number of unbranched alkanes of at least 4 members (excludes halogenated alkanes) is 1. The van der Waals surface area contributed by atoms with Gasteiger partial charge in [-0.2, -0.15) is 0 Å². The Labute approximate surface area is 88.4 Å². The van der Waals surface area contributed by atoms with E-state index >= 15 is 0 Å². The fourth-order valence-corrected chi connectivity index (χ4v) is 1.24. The first kappa shape index (κ1) is 12.6. The van der Waals surface area contributed by atoms with Crippen molar-refractivity contribution in [2.24, 2.45) is 0 Å². The zero-order valence-electron chi connectivity index (χ0n) is 7.65. The number of aliphatic hydroxyl groups is 1. The van der Waals surface area contributed by atoms with Gasteiger partial charge in [0.15, 0.2) is 0 Å². The predicted octanol–water partition coefficient (Wildman–Crippen LogP) is 0.719. The molecule has 1 atom stereocenters. The Balaban J connectivity index is 2.90. The SMILES string of the molecule is C[C@H](CO)NCCCCNCI. The molecule has 0 aromatic heterocycles. The zero-order chi connectivity index (χ0) is 9.23. The van der Waals surface area contributed by atoms with Crippen molar-refractivity contribution in [3.05, 3.63) is 0 Å². The van der Waals surface area contributed by atoms with Crippen LogP contribution in [0.4, 0.5) is 0 Å². The highest BCUT2D eigenvalue weighted by Gasteiger charge is 1.96. The molecule has 3 nitrogen and oxygen atoms in total. The van der Waals surface area contributed by atoms with Gasteiger partial charge in [0.1, 0.15) is 0 Å². The number of rotatable bonds is 8. The van der Waals surface area contributed by atoms with E-state index in [0.29, 0.717) is 0 Å². The molecular weight excluding hydrogens is 267 g/mol. The molecule has 0 aliphatic heterocycles. The lowest BCUT2D eigenvalue weighted by Gasteiger charge is -2.09. The van der Waals surface area contributed by atoms with Crippen LogP contribution in [0, 0.1) is 0 Å². The Hall–Kier alpha value is 0.610. The van der Waals surface area contributed by atoms with Crippen LogP contribution >= 0.6 is 22.6 Å². The van der Waals surface area contributed by atoms with Crippen molar-refractivity contribution < 1.29 is 5.11 Å². The molecule has 0 rings (SSSR count). The summed E-state index contributed by atoms with van der Waals surface area (Å²) in [5, 5.41) is 15.2. The molecule has 0 aromatic carbocycles. The molecule has 0 saturated carbocycles. The van der Waals surface area contributed by atoms with Gasteiger partial charge in [-0.1, -0.05) is 22.6 Å². The fraction of sp³-hybridized carbons (Fsp3) is 1.00. The van der Waals surface area contributed by atoms with Crippen molar-refractivity contribution in [2.75, 3.05) is 24.2 Å². The van der Waals surface area contributed by atoms with E-state index in [9.17, 15) is 0 Å². The van der Waals surface area contributed by atoms with Crippen molar-refractivity contribution in [1.29, 1.82) is 0 Å². The van der Waals surface area contributed by atoms with Gasteiger partial charge >= 0.3 is 0 Å². The van der Waals surface area contributed by atoms with Gasteiger partial charge in [-0.15, -0.1) is 0 Å². The number of hydrogen-bond donors (Lipinski definition) is 3. The van der Waals surface area contributed by atoms with Gasteiger partial charge in [0.05, 0.1) is 6.61 Å². The maximum absolute atomic E-state index is 8.70. The van der Waals surface area contributed by atoms with Crippen molar-refractivity contribution >= 4 is 22.6 Å². The number of alkyl halides is 1. The summed E-state index contributed by atoms with van der Waals surface area (Å²) in [7, 11) is 0. The maximum Gasteiger partial charge on any atom is 0.0581 e. The Kier molecular flexibility index (Phi) is 10.2. The standard InChI is InChI=1S/C8H19IN2O/c1-8(6-12)11-5-3-2-4-10-7-9/h8,10-12H,2-7H2,1H3/t8-/m1/s1. The van der Waals surface area contributed by atoms with E-state index in [2.05, 4.69) is 33.2 Å². The van der Waals surface area contributed by atoms with E-state index in [4.69, 9.17) is 5.11 Å². The Morgan fingerprint density at radius 2 is 2.00 bits per heavy atom. The third-order valence-corrected chi connectivity index (χ3v) is 2.18. The van der Waals surface area contributed by atoms with E-state index in [-0.39, 0.29) is 12.6 Å². The molecule has 0 aliphatic carbocycles. The quantitative estimate of drug-likeness (QED) is 0.267. The summed E-state index contributed by atoms with van der Waals surface area (Å²) in [6.45, 7) is 4.32. The Morgan fingerprint density at radius 3 is 2.58 bits per heavy atom. The molecule has 4 heteroatoms. The molecule has 0 amide bonds. The number of halogens is 1. The molecule has 12 heavy (non-hydrogen) atoms. The highest BCUT2D eigenvalue weighted by Crippen LogP contribution is 1.87. The molecule has 0 fully saturated rings. The third-order valence-electron chi connectivity index (χ3n) is 1.64. The average Bonchev–Trinajstić information content (AvgIpc) is 2.10. The monoisotopic (exact) mass is 286 g/mol. The highest BCUT2D eigenvalue weighted by atomic mass is 127. The Morgan fingerprint density at radius 1 is 1.33 bits per heavy atom. The van der Waals surface area contributed by atoms with Crippen LogP contribution in [0.15, 0.2) is 0 Å². The predicted molar refractivity (Wildman–Crippen MR) is 60.7 cm³/mol. The molecule has 0 radical (unpaired) electrons. The lowest BCUT2D eigenvalue weighted by atomic mass is 10.3. The van der Waals surface area contributed by atoms with Gasteiger partial charge in [-0.3, -0.25) is 0 Å². The van der Waals surface area contributed by atoms with Crippen LogP contribution in [0.5, 0.6) is 0 Å². The van der Waals surface area contributed by atoms with E-state index in [1.165, 1.54) is 12.8 Å². The van der Waals surface area contributed by atoms with Gasteiger partial charge < -0.3 is 15.7 Å². The summed E-state index contributed by atoms with van der Waals surface area (Å²) in [5.41, 5.74) is 0.